The standard InChI is InChI=1S/C28H29FN4O4/c1-34-25-18-23-21(17-26(25)36-13-5-10-33-11-14-35-15-12-33)27(30)32-28(31-23)19-8-9-24(22(29)16-19)37-20-6-3-2-4-7-20/h2-4,6-9,16-18H,5,10-15H2,1H3,(H2,30,31,32). The van der Waals surface area contributed by atoms with Gasteiger partial charge in [-0.05, 0) is 42.8 Å². The van der Waals surface area contributed by atoms with Gasteiger partial charge in [0.25, 0.3) is 0 Å². The third kappa shape index (κ3) is 5.90. The monoisotopic (exact) mass is 504 g/mol. The smallest absolute Gasteiger partial charge is 0.166 e. The molecule has 1 saturated heterocycles. The Hall–Kier alpha value is -3.95. The number of nitrogen functional groups attached to an aromatic ring is 1. The molecule has 0 radical (unpaired) electrons. The summed E-state index contributed by atoms with van der Waals surface area (Å²) < 4.78 is 37.4. The minimum atomic E-state index is -0.526. The maximum atomic E-state index is 14.8. The highest BCUT2D eigenvalue weighted by Crippen LogP contribution is 2.35. The average molecular weight is 505 g/mol. The molecule has 1 aromatic heterocycles. The molecule has 8 nitrogen and oxygen atoms in total. The molecule has 2 N–H and O–H groups in total. The van der Waals surface area contributed by atoms with Crippen molar-refractivity contribution >= 4 is 16.7 Å². The van der Waals surface area contributed by atoms with Gasteiger partial charge in [-0.15, -0.1) is 0 Å². The number of aromatic nitrogens is 2. The summed E-state index contributed by atoms with van der Waals surface area (Å²) >= 11 is 0. The summed E-state index contributed by atoms with van der Waals surface area (Å²) in [6.45, 7) is 4.93. The Bertz CT molecular complexity index is 1360. The van der Waals surface area contributed by atoms with Crippen LogP contribution in [-0.2, 0) is 4.74 Å². The summed E-state index contributed by atoms with van der Waals surface area (Å²) in [5.41, 5.74) is 7.35. The van der Waals surface area contributed by atoms with Crippen LogP contribution in [0, 0.1) is 5.82 Å². The van der Waals surface area contributed by atoms with Crippen molar-refractivity contribution < 1.29 is 23.3 Å². The molecule has 1 aliphatic heterocycles. The molecule has 0 atom stereocenters. The minimum absolute atomic E-state index is 0.112. The van der Waals surface area contributed by atoms with Gasteiger partial charge in [0.15, 0.2) is 28.9 Å². The molecule has 3 aromatic carbocycles. The Kier molecular flexibility index (Phi) is 7.62. The van der Waals surface area contributed by atoms with Gasteiger partial charge in [-0.3, -0.25) is 4.90 Å². The number of morpholine rings is 1. The molecular weight excluding hydrogens is 475 g/mol. The number of methoxy groups -OCH3 is 1. The van der Waals surface area contributed by atoms with E-state index in [1.54, 1.807) is 43.5 Å². The van der Waals surface area contributed by atoms with Crippen LogP contribution in [0.1, 0.15) is 6.42 Å². The third-order valence-corrected chi connectivity index (χ3v) is 6.15. The summed E-state index contributed by atoms with van der Waals surface area (Å²) in [4.78, 5) is 11.4. The van der Waals surface area contributed by atoms with Crippen molar-refractivity contribution in [2.24, 2.45) is 0 Å². The predicted molar refractivity (Wildman–Crippen MR) is 140 cm³/mol. The molecule has 0 unspecified atom stereocenters. The first-order chi connectivity index (χ1) is 18.1. The van der Waals surface area contributed by atoms with Crippen LogP contribution in [0.3, 0.4) is 0 Å². The molecule has 0 amide bonds. The van der Waals surface area contributed by atoms with Gasteiger partial charge in [-0.1, -0.05) is 18.2 Å². The van der Waals surface area contributed by atoms with E-state index in [1.165, 1.54) is 6.07 Å². The molecule has 192 valence electrons. The lowest BCUT2D eigenvalue weighted by atomic mass is 10.1. The highest BCUT2D eigenvalue weighted by molar-refractivity contribution is 5.92. The molecule has 0 spiro atoms. The van der Waals surface area contributed by atoms with Crippen LogP contribution in [0.25, 0.3) is 22.3 Å². The van der Waals surface area contributed by atoms with Crippen molar-refractivity contribution in [2.75, 3.05) is 52.3 Å². The number of anilines is 1. The molecule has 2 heterocycles. The van der Waals surface area contributed by atoms with E-state index in [-0.39, 0.29) is 11.6 Å². The first-order valence-electron chi connectivity index (χ1n) is 12.2. The van der Waals surface area contributed by atoms with Crippen LogP contribution in [0.5, 0.6) is 23.0 Å². The molecule has 0 bridgehead atoms. The zero-order valence-corrected chi connectivity index (χ0v) is 20.7. The SMILES string of the molecule is COc1cc2nc(-c3ccc(Oc4ccccc4)c(F)c3)nc(N)c2cc1OCCCN1CCOCC1. The van der Waals surface area contributed by atoms with Gasteiger partial charge < -0.3 is 24.7 Å². The summed E-state index contributed by atoms with van der Waals surface area (Å²) in [7, 11) is 1.58. The lowest BCUT2D eigenvalue weighted by molar-refractivity contribution is 0.0357. The van der Waals surface area contributed by atoms with Crippen LogP contribution >= 0.6 is 0 Å². The zero-order valence-electron chi connectivity index (χ0n) is 20.7. The Morgan fingerprint density at radius 2 is 1.78 bits per heavy atom. The van der Waals surface area contributed by atoms with Crippen LogP contribution in [0.4, 0.5) is 10.2 Å². The lowest BCUT2D eigenvalue weighted by Gasteiger charge is -2.26. The largest absolute Gasteiger partial charge is 0.493 e. The second-order valence-electron chi connectivity index (χ2n) is 8.67. The number of ether oxygens (including phenoxy) is 4. The topological polar surface area (TPSA) is 92.0 Å². The van der Waals surface area contributed by atoms with Gasteiger partial charge in [0, 0.05) is 36.7 Å². The van der Waals surface area contributed by atoms with Crippen LogP contribution in [-0.4, -0.2) is 61.4 Å². The van der Waals surface area contributed by atoms with Crippen molar-refractivity contribution in [1.29, 1.82) is 0 Å². The van der Waals surface area contributed by atoms with Gasteiger partial charge in [0.05, 0.1) is 32.4 Å². The van der Waals surface area contributed by atoms with E-state index in [4.69, 9.17) is 24.7 Å². The first-order valence-corrected chi connectivity index (χ1v) is 12.2. The fourth-order valence-electron chi connectivity index (χ4n) is 4.19. The second kappa shape index (κ2) is 11.4. The van der Waals surface area contributed by atoms with E-state index >= 15 is 0 Å². The second-order valence-corrected chi connectivity index (χ2v) is 8.67. The summed E-state index contributed by atoms with van der Waals surface area (Å²) in [5.74, 6) is 1.82. The van der Waals surface area contributed by atoms with Crippen molar-refractivity contribution in [2.45, 2.75) is 6.42 Å². The van der Waals surface area contributed by atoms with Crippen molar-refractivity contribution in [1.82, 2.24) is 14.9 Å². The minimum Gasteiger partial charge on any atom is -0.493 e. The summed E-state index contributed by atoms with van der Waals surface area (Å²) in [6.07, 6.45) is 0.877. The average Bonchev–Trinajstić information content (AvgIpc) is 2.93. The molecule has 0 aliphatic carbocycles. The Labute approximate surface area is 214 Å². The number of hydrogen-bond acceptors (Lipinski definition) is 8. The normalized spacial score (nSPS) is 14.0. The molecule has 0 saturated carbocycles. The number of para-hydroxylation sites is 1. The number of fused-ring (bicyclic) bond motifs is 1. The molecule has 37 heavy (non-hydrogen) atoms. The van der Waals surface area contributed by atoms with E-state index in [0.717, 1.165) is 39.3 Å². The Balaban J connectivity index is 1.33. The summed E-state index contributed by atoms with van der Waals surface area (Å²) in [6, 6.07) is 17.2. The van der Waals surface area contributed by atoms with Crippen LogP contribution < -0.4 is 19.9 Å². The number of hydrogen-bond donors (Lipinski definition) is 1. The number of nitrogens with two attached hydrogens (primary N) is 1. The van der Waals surface area contributed by atoms with Gasteiger partial charge >= 0.3 is 0 Å². The van der Waals surface area contributed by atoms with Crippen molar-refractivity contribution in [3.63, 3.8) is 0 Å². The quantitative estimate of drug-likeness (QED) is 0.321. The fourth-order valence-corrected chi connectivity index (χ4v) is 4.19. The van der Waals surface area contributed by atoms with Gasteiger partial charge in [-0.25, -0.2) is 14.4 Å². The van der Waals surface area contributed by atoms with Crippen molar-refractivity contribution in [3.8, 4) is 34.4 Å². The molecular formula is C28H29FN4O4. The Morgan fingerprint density at radius 3 is 2.54 bits per heavy atom. The molecule has 9 heteroatoms. The first kappa shape index (κ1) is 24.7. The zero-order chi connectivity index (χ0) is 25.6. The maximum Gasteiger partial charge on any atom is 0.166 e. The van der Waals surface area contributed by atoms with E-state index in [9.17, 15) is 4.39 Å². The maximum absolute atomic E-state index is 14.8. The van der Waals surface area contributed by atoms with Crippen molar-refractivity contribution in [3.05, 3.63) is 66.5 Å². The highest BCUT2D eigenvalue weighted by atomic mass is 19.1. The van der Waals surface area contributed by atoms with Gasteiger partial charge in [-0.2, -0.15) is 0 Å². The van der Waals surface area contributed by atoms with E-state index in [2.05, 4.69) is 14.9 Å². The summed E-state index contributed by atoms with van der Waals surface area (Å²) in [5, 5.41) is 0.636. The van der Waals surface area contributed by atoms with E-state index in [0.29, 0.717) is 46.1 Å². The number of rotatable bonds is 9. The van der Waals surface area contributed by atoms with E-state index < -0.39 is 5.82 Å². The third-order valence-electron chi connectivity index (χ3n) is 6.15. The van der Waals surface area contributed by atoms with Crippen LogP contribution in [0.2, 0.25) is 0 Å². The number of nitrogens with zero attached hydrogens (tertiary/aromatic N) is 3. The Morgan fingerprint density at radius 1 is 0.973 bits per heavy atom. The highest BCUT2D eigenvalue weighted by Gasteiger charge is 2.16. The molecule has 5 rings (SSSR count). The number of halogens is 1. The van der Waals surface area contributed by atoms with Crippen LogP contribution in [0.15, 0.2) is 60.7 Å². The lowest BCUT2D eigenvalue weighted by Crippen LogP contribution is -2.37. The number of benzene rings is 3. The van der Waals surface area contributed by atoms with E-state index in [1.807, 2.05) is 18.2 Å². The van der Waals surface area contributed by atoms with Gasteiger partial charge in [0.2, 0.25) is 0 Å². The molecule has 4 aromatic rings. The van der Waals surface area contributed by atoms with Gasteiger partial charge in [0.1, 0.15) is 11.6 Å². The fraction of sp³-hybridized carbons (Fsp3) is 0.286. The molecule has 1 fully saturated rings. The molecule has 1 aliphatic rings. The predicted octanol–water partition coefficient (Wildman–Crippen LogP) is 4.92.